The van der Waals surface area contributed by atoms with Gasteiger partial charge in [0.1, 0.15) is 0 Å². The standard InChI is InChI=1S/C12H19FN2O2/c1-4-7-14-9(6-3)10(13)11(16)15(8-5-2)12(14)17/h4-8H2,1-3H3. The summed E-state index contributed by atoms with van der Waals surface area (Å²) in [6.07, 6.45) is 1.71. The van der Waals surface area contributed by atoms with Crippen LogP contribution in [0.1, 0.15) is 39.3 Å². The second-order valence-electron chi connectivity index (χ2n) is 4.01. The molecule has 17 heavy (non-hydrogen) atoms. The van der Waals surface area contributed by atoms with Crippen LogP contribution in [-0.2, 0) is 19.5 Å². The summed E-state index contributed by atoms with van der Waals surface area (Å²) in [5.74, 6) is -0.783. The van der Waals surface area contributed by atoms with Gasteiger partial charge >= 0.3 is 5.69 Å². The van der Waals surface area contributed by atoms with E-state index in [1.165, 1.54) is 4.57 Å². The van der Waals surface area contributed by atoms with Crippen LogP contribution in [0.3, 0.4) is 0 Å². The predicted molar refractivity (Wildman–Crippen MR) is 64.9 cm³/mol. The van der Waals surface area contributed by atoms with E-state index >= 15 is 0 Å². The lowest BCUT2D eigenvalue weighted by Gasteiger charge is -2.14. The Balaban J connectivity index is 3.57. The monoisotopic (exact) mass is 242 g/mol. The minimum absolute atomic E-state index is 0.217. The number of aromatic nitrogens is 2. The summed E-state index contributed by atoms with van der Waals surface area (Å²) in [6, 6.07) is 0. The van der Waals surface area contributed by atoms with Crippen LogP contribution < -0.4 is 11.2 Å². The molecular formula is C12H19FN2O2. The maximum Gasteiger partial charge on any atom is 0.331 e. The highest BCUT2D eigenvalue weighted by molar-refractivity contribution is 5.06. The topological polar surface area (TPSA) is 44.0 Å². The van der Waals surface area contributed by atoms with Gasteiger partial charge < -0.3 is 0 Å². The van der Waals surface area contributed by atoms with E-state index in [2.05, 4.69) is 0 Å². The predicted octanol–water partition coefficient (Wildman–Crippen LogP) is 1.53. The zero-order valence-corrected chi connectivity index (χ0v) is 10.6. The van der Waals surface area contributed by atoms with Crippen molar-refractivity contribution in [1.82, 2.24) is 9.13 Å². The van der Waals surface area contributed by atoms with Crippen molar-refractivity contribution in [3.8, 4) is 0 Å². The van der Waals surface area contributed by atoms with Gasteiger partial charge in [0.05, 0.1) is 5.69 Å². The summed E-state index contributed by atoms with van der Waals surface area (Å²) in [4.78, 5) is 23.8. The van der Waals surface area contributed by atoms with Gasteiger partial charge in [0.2, 0.25) is 5.82 Å². The lowest BCUT2D eigenvalue weighted by Crippen LogP contribution is -2.43. The number of nitrogens with zero attached hydrogens (tertiary/aromatic N) is 2. The molecule has 96 valence electrons. The number of hydrogen-bond acceptors (Lipinski definition) is 2. The first-order valence-corrected chi connectivity index (χ1v) is 6.10. The molecule has 0 atom stereocenters. The Morgan fingerprint density at radius 3 is 2.00 bits per heavy atom. The highest BCUT2D eigenvalue weighted by Gasteiger charge is 2.16. The van der Waals surface area contributed by atoms with Gasteiger partial charge in [-0.05, 0) is 19.3 Å². The van der Waals surface area contributed by atoms with E-state index in [0.717, 1.165) is 11.0 Å². The van der Waals surface area contributed by atoms with E-state index in [1.54, 1.807) is 6.92 Å². The Kier molecular flexibility index (Phi) is 4.66. The lowest BCUT2D eigenvalue weighted by atomic mass is 10.3. The second kappa shape index (κ2) is 5.80. The second-order valence-corrected chi connectivity index (χ2v) is 4.01. The third-order valence-corrected chi connectivity index (χ3v) is 2.70. The molecule has 0 bridgehead atoms. The van der Waals surface area contributed by atoms with E-state index in [1.807, 2.05) is 13.8 Å². The summed E-state index contributed by atoms with van der Waals surface area (Å²) in [5.41, 5.74) is -0.966. The molecule has 0 aliphatic heterocycles. The fraction of sp³-hybridized carbons (Fsp3) is 0.667. The molecule has 1 aromatic rings. The molecule has 1 rings (SSSR count). The minimum atomic E-state index is -0.791. The van der Waals surface area contributed by atoms with E-state index in [4.69, 9.17) is 0 Å². The van der Waals surface area contributed by atoms with Crippen molar-refractivity contribution in [3.05, 3.63) is 32.3 Å². The highest BCUT2D eigenvalue weighted by Crippen LogP contribution is 2.02. The highest BCUT2D eigenvalue weighted by atomic mass is 19.1. The molecule has 0 unspecified atom stereocenters. The smallest absolute Gasteiger partial charge is 0.295 e. The average Bonchev–Trinajstić information content (AvgIpc) is 2.32. The van der Waals surface area contributed by atoms with Crippen molar-refractivity contribution >= 4 is 0 Å². The summed E-state index contributed by atoms with van der Waals surface area (Å²) < 4.78 is 16.2. The Morgan fingerprint density at radius 1 is 1.00 bits per heavy atom. The first kappa shape index (κ1) is 13.7. The largest absolute Gasteiger partial charge is 0.331 e. The molecule has 0 amide bonds. The zero-order valence-electron chi connectivity index (χ0n) is 10.6. The van der Waals surface area contributed by atoms with Crippen LogP contribution in [0.15, 0.2) is 9.59 Å². The summed E-state index contributed by atoms with van der Waals surface area (Å²) >= 11 is 0. The van der Waals surface area contributed by atoms with Crippen LogP contribution in [0.25, 0.3) is 0 Å². The third kappa shape index (κ3) is 2.48. The molecule has 0 aliphatic rings. The van der Waals surface area contributed by atoms with Crippen molar-refractivity contribution in [2.24, 2.45) is 0 Å². The third-order valence-electron chi connectivity index (χ3n) is 2.70. The van der Waals surface area contributed by atoms with Gasteiger partial charge in [-0.1, -0.05) is 20.8 Å². The number of hydrogen-bond donors (Lipinski definition) is 0. The van der Waals surface area contributed by atoms with Crippen molar-refractivity contribution in [1.29, 1.82) is 0 Å². The van der Waals surface area contributed by atoms with E-state index in [9.17, 15) is 14.0 Å². The molecule has 4 nitrogen and oxygen atoms in total. The van der Waals surface area contributed by atoms with Crippen LogP contribution in [0.4, 0.5) is 4.39 Å². The molecular weight excluding hydrogens is 223 g/mol. The van der Waals surface area contributed by atoms with Crippen LogP contribution >= 0.6 is 0 Å². The molecule has 5 heteroatoms. The molecule has 1 aromatic heterocycles. The summed E-state index contributed by atoms with van der Waals surface area (Å²) in [5, 5.41) is 0. The van der Waals surface area contributed by atoms with Gasteiger partial charge in [-0.25, -0.2) is 4.79 Å². The molecule has 1 heterocycles. The molecule has 0 N–H and O–H groups in total. The molecule has 0 fully saturated rings. The molecule has 0 aliphatic carbocycles. The zero-order chi connectivity index (χ0) is 13.0. The van der Waals surface area contributed by atoms with Gasteiger partial charge in [0.25, 0.3) is 5.56 Å². The average molecular weight is 242 g/mol. The molecule has 0 radical (unpaired) electrons. The Hall–Kier alpha value is -1.39. The van der Waals surface area contributed by atoms with Crippen LogP contribution in [0, 0.1) is 5.82 Å². The minimum Gasteiger partial charge on any atom is -0.295 e. The van der Waals surface area contributed by atoms with Crippen LogP contribution in [0.5, 0.6) is 0 Å². The molecule has 0 spiro atoms. The summed E-state index contributed by atoms with van der Waals surface area (Å²) in [6.45, 7) is 6.22. The Bertz CT molecular complexity index is 502. The fourth-order valence-corrected chi connectivity index (χ4v) is 1.93. The van der Waals surface area contributed by atoms with Crippen molar-refractivity contribution in [2.75, 3.05) is 0 Å². The van der Waals surface area contributed by atoms with E-state index < -0.39 is 17.1 Å². The van der Waals surface area contributed by atoms with Gasteiger partial charge in [0.15, 0.2) is 0 Å². The van der Waals surface area contributed by atoms with E-state index in [-0.39, 0.29) is 12.2 Å². The Morgan fingerprint density at radius 2 is 1.53 bits per heavy atom. The maximum absolute atomic E-state index is 13.9. The lowest BCUT2D eigenvalue weighted by molar-refractivity contribution is 0.461. The quantitative estimate of drug-likeness (QED) is 0.786. The molecule has 0 saturated heterocycles. The van der Waals surface area contributed by atoms with Crippen molar-refractivity contribution < 1.29 is 4.39 Å². The first-order chi connectivity index (χ1) is 8.08. The van der Waals surface area contributed by atoms with Gasteiger partial charge in [0, 0.05) is 13.1 Å². The number of halogens is 1. The van der Waals surface area contributed by atoms with E-state index in [0.29, 0.717) is 19.4 Å². The molecule has 0 saturated carbocycles. The SMILES string of the molecule is CCCn1c(CC)c(F)c(=O)n(CCC)c1=O. The van der Waals surface area contributed by atoms with Crippen molar-refractivity contribution in [2.45, 2.75) is 53.1 Å². The maximum atomic E-state index is 13.9. The van der Waals surface area contributed by atoms with Gasteiger partial charge in [-0.2, -0.15) is 4.39 Å². The fourth-order valence-electron chi connectivity index (χ4n) is 1.93. The van der Waals surface area contributed by atoms with Gasteiger partial charge in [-0.3, -0.25) is 13.9 Å². The van der Waals surface area contributed by atoms with Crippen LogP contribution in [0.2, 0.25) is 0 Å². The first-order valence-electron chi connectivity index (χ1n) is 6.10. The normalized spacial score (nSPS) is 10.8. The van der Waals surface area contributed by atoms with Crippen LogP contribution in [-0.4, -0.2) is 9.13 Å². The molecule has 0 aromatic carbocycles. The Labute approximate surface area is 99.7 Å². The van der Waals surface area contributed by atoms with Crippen molar-refractivity contribution in [3.63, 3.8) is 0 Å². The van der Waals surface area contributed by atoms with Gasteiger partial charge in [-0.15, -0.1) is 0 Å². The summed E-state index contributed by atoms with van der Waals surface area (Å²) in [7, 11) is 0. The number of rotatable bonds is 5.